The summed E-state index contributed by atoms with van der Waals surface area (Å²) in [5.41, 5.74) is 1.84. The highest BCUT2D eigenvalue weighted by Crippen LogP contribution is 2.27. The van der Waals surface area contributed by atoms with E-state index in [1.54, 1.807) is 6.07 Å². The van der Waals surface area contributed by atoms with Crippen molar-refractivity contribution < 1.29 is 9.13 Å². The first-order chi connectivity index (χ1) is 9.22. The van der Waals surface area contributed by atoms with E-state index in [0.717, 1.165) is 38.0 Å². The number of halogens is 1. The molecule has 19 heavy (non-hydrogen) atoms. The Hall–Kier alpha value is -0.930. The van der Waals surface area contributed by atoms with Crippen molar-refractivity contribution in [3.05, 3.63) is 35.1 Å². The SMILES string of the molecule is CCCNC(c1ccc(F)c(C)c1)C1CCCCO1. The van der Waals surface area contributed by atoms with Gasteiger partial charge < -0.3 is 10.1 Å². The molecule has 1 saturated heterocycles. The van der Waals surface area contributed by atoms with Crippen LogP contribution in [0.15, 0.2) is 18.2 Å². The summed E-state index contributed by atoms with van der Waals surface area (Å²) in [4.78, 5) is 0. The molecule has 106 valence electrons. The van der Waals surface area contributed by atoms with Gasteiger partial charge in [-0.05, 0) is 56.3 Å². The van der Waals surface area contributed by atoms with Crippen molar-refractivity contribution in [3.8, 4) is 0 Å². The van der Waals surface area contributed by atoms with E-state index in [2.05, 4.69) is 12.2 Å². The molecule has 3 heteroatoms. The maximum atomic E-state index is 13.4. The van der Waals surface area contributed by atoms with Crippen LogP contribution in [0.1, 0.15) is 49.8 Å². The molecule has 1 aliphatic rings. The van der Waals surface area contributed by atoms with Crippen molar-refractivity contribution in [2.45, 2.75) is 51.7 Å². The fraction of sp³-hybridized carbons (Fsp3) is 0.625. The molecule has 2 atom stereocenters. The van der Waals surface area contributed by atoms with E-state index in [1.807, 2.05) is 19.1 Å². The predicted octanol–water partition coefficient (Wildman–Crippen LogP) is 3.74. The Labute approximate surface area is 115 Å². The van der Waals surface area contributed by atoms with Crippen LogP contribution in [0.4, 0.5) is 4.39 Å². The third-order valence-electron chi connectivity index (χ3n) is 3.74. The van der Waals surface area contributed by atoms with Crippen LogP contribution >= 0.6 is 0 Å². The first-order valence-corrected chi connectivity index (χ1v) is 7.33. The zero-order valence-electron chi connectivity index (χ0n) is 11.9. The van der Waals surface area contributed by atoms with Crippen molar-refractivity contribution >= 4 is 0 Å². The Morgan fingerprint density at radius 1 is 1.42 bits per heavy atom. The smallest absolute Gasteiger partial charge is 0.126 e. The van der Waals surface area contributed by atoms with Crippen LogP contribution < -0.4 is 5.32 Å². The van der Waals surface area contributed by atoms with Crippen LogP contribution in [-0.2, 0) is 4.74 Å². The minimum Gasteiger partial charge on any atom is -0.376 e. The molecular formula is C16H24FNO. The summed E-state index contributed by atoms with van der Waals surface area (Å²) in [6.45, 7) is 5.77. The van der Waals surface area contributed by atoms with Crippen LogP contribution in [0.2, 0.25) is 0 Å². The monoisotopic (exact) mass is 265 g/mol. The van der Waals surface area contributed by atoms with Crippen LogP contribution in [0.25, 0.3) is 0 Å². The Balaban J connectivity index is 2.17. The molecule has 1 aliphatic heterocycles. The molecule has 0 bridgehead atoms. The lowest BCUT2D eigenvalue weighted by atomic mass is 9.94. The van der Waals surface area contributed by atoms with Gasteiger partial charge in [-0.2, -0.15) is 0 Å². The van der Waals surface area contributed by atoms with E-state index in [9.17, 15) is 4.39 Å². The largest absolute Gasteiger partial charge is 0.376 e. The fourth-order valence-corrected chi connectivity index (χ4v) is 2.65. The Bertz CT molecular complexity index is 402. The summed E-state index contributed by atoms with van der Waals surface area (Å²) >= 11 is 0. The molecule has 0 amide bonds. The topological polar surface area (TPSA) is 21.3 Å². The lowest BCUT2D eigenvalue weighted by molar-refractivity contribution is -0.00817. The highest BCUT2D eigenvalue weighted by Gasteiger charge is 2.25. The number of nitrogens with one attached hydrogen (secondary N) is 1. The van der Waals surface area contributed by atoms with E-state index in [-0.39, 0.29) is 18.0 Å². The lowest BCUT2D eigenvalue weighted by Gasteiger charge is -2.31. The van der Waals surface area contributed by atoms with Crippen LogP contribution in [0.5, 0.6) is 0 Å². The van der Waals surface area contributed by atoms with Gasteiger partial charge in [0.1, 0.15) is 5.82 Å². The number of hydrogen-bond acceptors (Lipinski definition) is 2. The standard InChI is InChI=1S/C16H24FNO/c1-3-9-18-16(15-6-4-5-10-19-15)13-7-8-14(17)12(2)11-13/h7-8,11,15-16,18H,3-6,9-10H2,1-2H3. The molecular weight excluding hydrogens is 241 g/mol. The van der Waals surface area contributed by atoms with Gasteiger partial charge in [0.15, 0.2) is 0 Å². The first kappa shape index (κ1) is 14.5. The minimum atomic E-state index is -0.137. The van der Waals surface area contributed by atoms with E-state index in [1.165, 1.54) is 6.42 Å². The Morgan fingerprint density at radius 2 is 2.26 bits per heavy atom. The van der Waals surface area contributed by atoms with Gasteiger partial charge in [0.05, 0.1) is 12.1 Å². The number of ether oxygens (including phenoxy) is 1. The highest BCUT2D eigenvalue weighted by molar-refractivity contribution is 5.27. The normalized spacial score (nSPS) is 21.3. The molecule has 0 aromatic heterocycles. The van der Waals surface area contributed by atoms with Gasteiger partial charge in [0.2, 0.25) is 0 Å². The zero-order chi connectivity index (χ0) is 13.7. The van der Waals surface area contributed by atoms with E-state index in [4.69, 9.17) is 4.74 Å². The number of hydrogen-bond donors (Lipinski definition) is 1. The summed E-state index contributed by atoms with van der Waals surface area (Å²) in [6, 6.07) is 5.57. The molecule has 1 N–H and O–H groups in total. The van der Waals surface area contributed by atoms with Crippen molar-refractivity contribution in [3.63, 3.8) is 0 Å². The van der Waals surface area contributed by atoms with Crippen molar-refractivity contribution in [1.29, 1.82) is 0 Å². The molecule has 2 nitrogen and oxygen atoms in total. The van der Waals surface area contributed by atoms with E-state index < -0.39 is 0 Å². The van der Waals surface area contributed by atoms with Crippen molar-refractivity contribution in [2.75, 3.05) is 13.2 Å². The lowest BCUT2D eigenvalue weighted by Crippen LogP contribution is -2.36. The van der Waals surface area contributed by atoms with Gasteiger partial charge in [0, 0.05) is 6.61 Å². The molecule has 2 unspecified atom stereocenters. The third kappa shape index (κ3) is 3.77. The summed E-state index contributed by atoms with van der Waals surface area (Å²) < 4.78 is 19.3. The van der Waals surface area contributed by atoms with Crippen LogP contribution in [0, 0.1) is 12.7 Å². The van der Waals surface area contributed by atoms with E-state index >= 15 is 0 Å². The molecule has 1 heterocycles. The molecule has 1 aromatic carbocycles. The van der Waals surface area contributed by atoms with Gasteiger partial charge in [-0.3, -0.25) is 0 Å². The molecule has 0 spiro atoms. The summed E-state index contributed by atoms with van der Waals surface area (Å²) in [5.74, 6) is -0.137. The average molecular weight is 265 g/mol. The second-order valence-corrected chi connectivity index (χ2v) is 5.35. The highest BCUT2D eigenvalue weighted by atomic mass is 19.1. The van der Waals surface area contributed by atoms with Gasteiger partial charge in [0.25, 0.3) is 0 Å². The summed E-state index contributed by atoms with van der Waals surface area (Å²) in [6.07, 6.45) is 4.75. The Morgan fingerprint density at radius 3 is 2.89 bits per heavy atom. The molecule has 1 aromatic rings. The molecule has 0 radical (unpaired) electrons. The number of benzene rings is 1. The zero-order valence-corrected chi connectivity index (χ0v) is 11.9. The maximum Gasteiger partial charge on any atom is 0.126 e. The summed E-state index contributed by atoms with van der Waals surface area (Å²) in [7, 11) is 0. The number of aryl methyl sites for hydroxylation is 1. The third-order valence-corrected chi connectivity index (χ3v) is 3.74. The van der Waals surface area contributed by atoms with E-state index in [0.29, 0.717) is 5.56 Å². The maximum absolute atomic E-state index is 13.4. The average Bonchev–Trinajstić information content (AvgIpc) is 2.44. The van der Waals surface area contributed by atoms with Crippen LogP contribution in [0.3, 0.4) is 0 Å². The first-order valence-electron chi connectivity index (χ1n) is 7.33. The van der Waals surface area contributed by atoms with Gasteiger partial charge in [-0.25, -0.2) is 4.39 Å². The summed E-state index contributed by atoms with van der Waals surface area (Å²) in [5, 5.41) is 3.55. The minimum absolute atomic E-state index is 0.137. The Kier molecular flexibility index (Phi) is 5.34. The van der Waals surface area contributed by atoms with Gasteiger partial charge in [-0.15, -0.1) is 0 Å². The second kappa shape index (κ2) is 7.01. The fourth-order valence-electron chi connectivity index (χ4n) is 2.65. The molecule has 0 aliphatic carbocycles. The van der Waals surface area contributed by atoms with Gasteiger partial charge in [-0.1, -0.05) is 19.1 Å². The molecule has 2 rings (SSSR count). The predicted molar refractivity (Wildman–Crippen MR) is 75.8 cm³/mol. The molecule has 0 saturated carbocycles. The van der Waals surface area contributed by atoms with Crippen molar-refractivity contribution in [1.82, 2.24) is 5.32 Å². The van der Waals surface area contributed by atoms with Crippen molar-refractivity contribution in [2.24, 2.45) is 0 Å². The van der Waals surface area contributed by atoms with Gasteiger partial charge >= 0.3 is 0 Å². The quantitative estimate of drug-likeness (QED) is 0.875. The van der Waals surface area contributed by atoms with Crippen LogP contribution in [-0.4, -0.2) is 19.3 Å². The second-order valence-electron chi connectivity index (χ2n) is 5.35. The molecule has 1 fully saturated rings. The number of rotatable bonds is 5.